The first-order chi connectivity index (χ1) is 10.1. The first-order valence-electron chi connectivity index (χ1n) is 6.57. The van der Waals surface area contributed by atoms with Crippen LogP contribution in [0.4, 0.5) is 5.82 Å². The molecule has 1 atom stereocenters. The summed E-state index contributed by atoms with van der Waals surface area (Å²) in [5.74, 6) is 5.44. The zero-order chi connectivity index (χ0) is 15.3. The van der Waals surface area contributed by atoms with Gasteiger partial charge in [-0.15, -0.1) is 0 Å². The lowest BCUT2D eigenvalue weighted by molar-refractivity contribution is 0.550. The largest absolute Gasteiger partial charge is 0.307 e. The SMILES string of the molecule is CCC(NS(=O)(=O)c1cccnc1NN)c1ccccc1. The maximum Gasteiger partial charge on any atom is 0.244 e. The Bertz CT molecular complexity index is 689. The van der Waals surface area contributed by atoms with Crippen LogP contribution in [0.1, 0.15) is 24.9 Å². The number of anilines is 1. The third-order valence-electron chi connectivity index (χ3n) is 3.10. The number of hydrazine groups is 1. The van der Waals surface area contributed by atoms with Crippen molar-refractivity contribution in [3.63, 3.8) is 0 Å². The highest BCUT2D eigenvalue weighted by molar-refractivity contribution is 7.89. The summed E-state index contributed by atoms with van der Waals surface area (Å²) in [6, 6.07) is 12.1. The summed E-state index contributed by atoms with van der Waals surface area (Å²) in [6.45, 7) is 1.92. The van der Waals surface area contributed by atoms with Crippen LogP contribution in [0.2, 0.25) is 0 Å². The number of sulfonamides is 1. The second-order valence-corrected chi connectivity index (χ2v) is 6.17. The Morgan fingerprint density at radius 1 is 1.19 bits per heavy atom. The predicted molar refractivity (Wildman–Crippen MR) is 81.8 cm³/mol. The zero-order valence-electron chi connectivity index (χ0n) is 11.7. The fourth-order valence-electron chi connectivity index (χ4n) is 2.04. The summed E-state index contributed by atoms with van der Waals surface area (Å²) in [6.07, 6.45) is 2.11. The number of hydrogen-bond donors (Lipinski definition) is 3. The summed E-state index contributed by atoms with van der Waals surface area (Å²) in [7, 11) is -3.72. The van der Waals surface area contributed by atoms with Gasteiger partial charge >= 0.3 is 0 Å². The van der Waals surface area contributed by atoms with E-state index in [1.54, 1.807) is 6.07 Å². The molecule has 0 bridgehead atoms. The molecule has 7 heteroatoms. The predicted octanol–water partition coefficient (Wildman–Crippen LogP) is 1.80. The number of nitrogens with one attached hydrogen (secondary N) is 2. The van der Waals surface area contributed by atoms with Crippen LogP contribution in [0.5, 0.6) is 0 Å². The second-order valence-electron chi connectivity index (χ2n) is 4.49. The summed E-state index contributed by atoms with van der Waals surface area (Å²) >= 11 is 0. The van der Waals surface area contributed by atoms with E-state index < -0.39 is 10.0 Å². The smallest absolute Gasteiger partial charge is 0.244 e. The topological polar surface area (TPSA) is 97.1 Å². The molecule has 0 saturated heterocycles. The average Bonchev–Trinajstić information content (AvgIpc) is 2.53. The maximum atomic E-state index is 12.5. The van der Waals surface area contributed by atoms with Crippen LogP contribution < -0.4 is 16.0 Å². The van der Waals surface area contributed by atoms with Gasteiger partial charge in [0.25, 0.3) is 0 Å². The van der Waals surface area contributed by atoms with E-state index in [4.69, 9.17) is 5.84 Å². The van der Waals surface area contributed by atoms with E-state index >= 15 is 0 Å². The first kappa shape index (κ1) is 15.4. The lowest BCUT2D eigenvalue weighted by Crippen LogP contribution is -2.29. The van der Waals surface area contributed by atoms with Crippen molar-refractivity contribution in [1.29, 1.82) is 0 Å². The molecule has 4 N–H and O–H groups in total. The number of pyridine rings is 1. The Hall–Kier alpha value is -1.96. The Balaban J connectivity index is 2.32. The van der Waals surface area contributed by atoms with Gasteiger partial charge in [-0.25, -0.2) is 24.0 Å². The van der Waals surface area contributed by atoms with Crippen molar-refractivity contribution in [2.24, 2.45) is 5.84 Å². The first-order valence-corrected chi connectivity index (χ1v) is 8.05. The molecule has 0 aliphatic carbocycles. The van der Waals surface area contributed by atoms with E-state index in [1.807, 2.05) is 37.3 Å². The van der Waals surface area contributed by atoms with Gasteiger partial charge < -0.3 is 5.43 Å². The molecule has 21 heavy (non-hydrogen) atoms. The molecule has 0 saturated carbocycles. The molecule has 2 aromatic rings. The second kappa shape index (κ2) is 6.66. The summed E-state index contributed by atoms with van der Waals surface area (Å²) in [4.78, 5) is 3.94. The van der Waals surface area contributed by atoms with E-state index in [2.05, 4.69) is 15.1 Å². The van der Waals surface area contributed by atoms with Gasteiger partial charge in [0.15, 0.2) is 5.82 Å². The van der Waals surface area contributed by atoms with E-state index in [0.717, 1.165) is 5.56 Å². The standard InChI is InChI=1S/C14H18N4O2S/c1-2-12(11-7-4-3-5-8-11)18-21(19,20)13-9-6-10-16-14(13)17-15/h3-10,12,18H,2,15H2,1H3,(H,16,17). The molecule has 0 fully saturated rings. The molecule has 0 aliphatic rings. The van der Waals surface area contributed by atoms with Gasteiger partial charge in [-0.05, 0) is 24.1 Å². The van der Waals surface area contributed by atoms with E-state index in [9.17, 15) is 8.42 Å². The van der Waals surface area contributed by atoms with Gasteiger partial charge in [0, 0.05) is 12.2 Å². The third-order valence-corrected chi connectivity index (χ3v) is 4.61. The van der Waals surface area contributed by atoms with Crippen molar-refractivity contribution < 1.29 is 8.42 Å². The Labute approximate surface area is 124 Å². The van der Waals surface area contributed by atoms with Crippen LogP contribution in [0, 0.1) is 0 Å². The highest BCUT2D eigenvalue weighted by Gasteiger charge is 2.23. The molecule has 0 amide bonds. The third kappa shape index (κ3) is 3.57. The normalized spacial score (nSPS) is 12.9. The van der Waals surface area contributed by atoms with Gasteiger partial charge in [-0.2, -0.15) is 0 Å². The molecule has 6 nitrogen and oxygen atoms in total. The van der Waals surface area contributed by atoms with Crippen molar-refractivity contribution in [3.8, 4) is 0 Å². The molecule has 1 aromatic heterocycles. The summed E-state index contributed by atoms with van der Waals surface area (Å²) < 4.78 is 27.7. The molecule has 0 aliphatic heterocycles. The van der Waals surface area contributed by atoms with Crippen LogP contribution in [0.15, 0.2) is 53.6 Å². The lowest BCUT2D eigenvalue weighted by atomic mass is 10.1. The maximum absolute atomic E-state index is 12.5. The molecule has 1 aromatic carbocycles. The van der Waals surface area contributed by atoms with Crippen molar-refractivity contribution in [3.05, 3.63) is 54.2 Å². The van der Waals surface area contributed by atoms with Gasteiger partial charge in [0.2, 0.25) is 10.0 Å². The van der Waals surface area contributed by atoms with Gasteiger partial charge in [-0.1, -0.05) is 37.3 Å². The van der Waals surface area contributed by atoms with Crippen molar-refractivity contribution in [2.45, 2.75) is 24.3 Å². The molecular formula is C14H18N4O2S. The number of nitrogen functional groups attached to an aromatic ring is 1. The van der Waals surface area contributed by atoms with Crippen LogP contribution in [-0.2, 0) is 10.0 Å². The van der Waals surface area contributed by atoms with Crippen molar-refractivity contribution in [2.75, 3.05) is 5.43 Å². The Kier molecular flexibility index (Phi) is 4.89. The number of aromatic nitrogens is 1. The van der Waals surface area contributed by atoms with Gasteiger partial charge in [0.1, 0.15) is 4.90 Å². The van der Waals surface area contributed by atoms with E-state index in [0.29, 0.717) is 6.42 Å². The zero-order valence-corrected chi connectivity index (χ0v) is 12.5. The van der Waals surface area contributed by atoms with Crippen LogP contribution in [0.25, 0.3) is 0 Å². The number of nitrogens with two attached hydrogens (primary N) is 1. The fourth-order valence-corrected chi connectivity index (χ4v) is 3.47. The van der Waals surface area contributed by atoms with Gasteiger partial charge in [-0.3, -0.25) is 0 Å². The highest BCUT2D eigenvalue weighted by atomic mass is 32.2. The number of hydrogen-bond acceptors (Lipinski definition) is 5. The fraction of sp³-hybridized carbons (Fsp3) is 0.214. The molecule has 0 spiro atoms. The minimum Gasteiger partial charge on any atom is -0.307 e. The number of rotatable bonds is 6. The Morgan fingerprint density at radius 2 is 1.90 bits per heavy atom. The highest BCUT2D eigenvalue weighted by Crippen LogP contribution is 2.22. The minimum atomic E-state index is -3.72. The van der Waals surface area contributed by atoms with E-state index in [-0.39, 0.29) is 16.8 Å². The van der Waals surface area contributed by atoms with Crippen LogP contribution >= 0.6 is 0 Å². The molecule has 0 radical (unpaired) electrons. The minimum absolute atomic E-state index is 0.0295. The van der Waals surface area contributed by atoms with Crippen molar-refractivity contribution in [1.82, 2.24) is 9.71 Å². The molecule has 2 rings (SSSR count). The molecular weight excluding hydrogens is 288 g/mol. The van der Waals surface area contributed by atoms with Crippen molar-refractivity contribution >= 4 is 15.8 Å². The Morgan fingerprint density at radius 3 is 2.52 bits per heavy atom. The summed E-state index contributed by atoms with van der Waals surface area (Å²) in [5, 5.41) is 0. The molecule has 1 unspecified atom stereocenters. The monoisotopic (exact) mass is 306 g/mol. The van der Waals surface area contributed by atoms with Crippen LogP contribution in [0.3, 0.4) is 0 Å². The molecule has 112 valence electrons. The quantitative estimate of drug-likeness (QED) is 0.558. The lowest BCUT2D eigenvalue weighted by Gasteiger charge is -2.18. The average molecular weight is 306 g/mol. The molecule has 1 heterocycles. The number of nitrogens with zero attached hydrogens (tertiary/aromatic N) is 1. The van der Waals surface area contributed by atoms with E-state index in [1.165, 1.54) is 12.3 Å². The van der Waals surface area contributed by atoms with Crippen LogP contribution in [-0.4, -0.2) is 13.4 Å². The number of benzene rings is 1. The van der Waals surface area contributed by atoms with Gasteiger partial charge in [0.05, 0.1) is 0 Å². The summed E-state index contributed by atoms with van der Waals surface area (Å²) in [5.41, 5.74) is 3.21.